The predicted octanol–water partition coefficient (Wildman–Crippen LogP) is 4.49. The molecule has 0 spiro atoms. The van der Waals surface area contributed by atoms with Crippen molar-refractivity contribution < 1.29 is 18.0 Å². The fourth-order valence-electron chi connectivity index (χ4n) is 2.78. The lowest BCUT2D eigenvalue weighted by molar-refractivity contribution is -0.137. The highest BCUT2D eigenvalue weighted by Gasteiger charge is 2.30. The summed E-state index contributed by atoms with van der Waals surface area (Å²) in [5.74, 6) is 1.87. The Morgan fingerprint density at radius 3 is 2.32 bits per heavy atom. The van der Waals surface area contributed by atoms with Gasteiger partial charge in [0.05, 0.1) is 5.56 Å². The number of halogens is 3. The molecule has 3 rings (SSSR count). The molecular formula is C19H18F3NOS. The number of hydrogen-bond donors (Lipinski definition) is 0. The zero-order chi connectivity index (χ0) is 17.9. The van der Waals surface area contributed by atoms with Crippen LogP contribution >= 0.6 is 11.8 Å². The number of hydrogen-bond acceptors (Lipinski definition) is 3. The Morgan fingerprint density at radius 2 is 1.68 bits per heavy atom. The third-order valence-corrected chi connectivity index (χ3v) is 5.12. The van der Waals surface area contributed by atoms with Crippen LogP contribution in [0, 0.1) is 0 Å². The van der Waals surface area contributed by atoms with Gasteiger partial charge in [0.2, 0.25) is 0 Å². The Labute approximate surface area is 149 Å². The highest BCUT2D eigenvalue weighted by atomic mass is 32.2. The normalized spacial score (nSPS) is 16.0. The van der Waals surface area contributed by atoms with Crippen molar-refractivity contribution in [3.63, 3.8) is 0 Å². The molecule has 0 aliphatic carbocycles. The predicted molar refractivity (Wildman–Crippen MR) is 93.9 cm³/mol. The van der Waals surface area contributed by atoms with Crippen LogP contribution in [0.25, 0.3) is 0 Å². The Morgan fingerprint density at radius 1 is 1.00 bits per heavy atom. The Balaban J connectivity index is 1.72. The first-order chi connectivity index (χ1) is 11.9. The number of benzene rings is 2. The Kier molecular flexibility index (Phi) is 5.49. The molecule has 6 heteroatoms. The van der Waals surface area contributed by atoms with Gasteiger partial charge in [-0.15, -0.1) is 0 Å². The minimum atomic E-state index is -4.45. The van der Waals surface area contributed by atoms with Crippen LogP contribution < -0.4 is 0 Å². The van der Waals surface area contributed by atoms with E-state index in [4.69, 9.17) is 0 Å². The van der Waals surface area contributed by atoms with Crippen LogP contribution in [0.3, 0.4) is 0 Å². The molecule has 1 fully saturated rings. The van der Waals surface area contributed by atoms with Crippen molar-refractivity contribution in [1.29, 1.82) is 0 Å². The summed E-state index contributed by atoms with van der Waals surface area (Å²) in [7, 11) is 0. The molecule has 0 bridgehead atoms. The van der Waals surface area contributed by atoms with E-state index in [1.165, 1.54) is 12.1 Å². The molecule has 0 aromatic heterocycles. The third-order valence-electron chi connectivity index (χ3n) is 4.18. The van der Waals surface area contributed by atoms with Gasteiger partial charge in [-0.2, -0.15) is 24.9 Å². The van der Waals surface area contributed by atoms with Gasteiger partial charge in [0.15, 0.2) is 5.78 Å². The van der Waals surface area contributed by atoms with E-state index < -0.39 is 17.5 Å². The molecular weight excluding hydrogens is 347 g/mol. The number of alkyl halides is 3. The van der Waals surface area contributed by atoms with Crippen molar-refractivity contribution in [3.8, 4) is 0 Å². The van der Waals surface area contributed by atoms with Crippen LogP contribution in [-0.4, -0.2) is 35.3 Å². The SMILES string of the molecule is O=C(c1ccc(CN2CCSCC2)cc1)c1cccc(C(F)(F)F)c1. The maximum atomic E-state index is 12.8. The summed E-state index contributed by atoms with van der Waals surface area (Å²) in [6, 6.07) is 11.7. The van der Waals surface area contributed by atoms with Gasteiger partial charge >= 0.3 is 6.18 Å². The molecule has 2 aromatic rings. The second kappa shape index (κ2) is 7.62. The van der Waals surface area contributed by atoms with Crippen molar-refractivity contribution in [2.75, 3.05) is 24.6 Å². The highest BCUT2D eigenvalue weighted by molar-refractivity contribution is 7.99. The van der Waals surface area contributed by atoms with Crippen LogP contribution in [0.15, 0.2) is 48.5 Å². The molecule has 0 amide bonds. The van der Waals surface area contributed by atoms with E-state index >= 15 is 0 Å². The fourth-order valence-corrected chi connectivity index (χ4v) is 3.76. The first-order valence-electron chi connectivity index (χ1n) is 8.04. The van der Waals surface area contributed by atoms with Crippen LogP contribution in [0.2, 0.25) is 0 Å². The number of thioether (sulfide) groups is 1. The second-order valence-corrected chi connectivity index (χ2v) is 7.22. The van der Waals surface area contributed by atoms with Crippen molar-refractivity contribution in [1.82, 2.24) is 4.90 Å². The topological polar surface area (TPSA) is 20.3 Å². The van der Waals surface area contributed by atoms with E-state index in [9.17, 15) is 18.0 Å². The highest BCUT2D eigenvalue weighted by Crippen LogP contribution is 2.30. The maximum absolute atomic E-state index is 12.8. The van der Waals surface area contributed by atoms with Gasteiger partial charge in [0, 0.05) is 42.3 Å². The molecule has 1 heterocycles. The average Bonchev–Trinajstić information content (AvgIpc) is 2.62. The summed E-state index contributed by atoms with van der Waals surface area (Å²) >= 11 is 1.95. The minimum Gasteiger partial charge on any atom is -0.297 e. The number of rotatable bonds is 4. The average molecular weight is 365 g/mol. The van der Waals surface area contributed by atoms with Gasteiger partial charge in [-0.1, -0.05) is 36.4 Å². The number of ketones is 1. The van der Waals surface area contributed by atoms with Crippen LogP contribution in [0.4, 0.5) is 13.2 Å². The summed E-state index contributed by atoms with van der Waals surface area (Å²) in [5.41, 5.74) is 0.748. The number of carbonyl (C=O) groups excluding carboxylic acids is 1. The molecule has 1 saturated heterocycles. The van der Waals surface area contributed by atoms with Crippen molar-refractivity contribution in [2.45, 2.75) is 12.7 Å². The van der Waals surface area contributed by atoms with Gasteiger partial charge < -0.3 is 0 Å². The zero-order valence-corrected chi connectivity index (χ0v) is 14.4. The lowest BCUT2D eigenvalue weighted by atomic mass is 10.00. The monoisotopic (exact) mass is 365 g/mol. The van der Waals surface area contributed by atoms with Gasteiger partial charge in [0.25, 0.3) is 0 Å². The summed E-state index contributed by atoms with van der Waals surface area (Å²) in [5, 5.41) is 0. The van der Waals surface area contributed by atoms with E-state index in [1.807, 2.05) is 23.9 Å². The van der Waals surface area contributed by atoms with E-state index in [2.05, 4.69) is 4.90 Å². The van der Waals surface area contributed by atoms with Crippen molar-refractivity contribution >= 4 is 17.5 Å². The van der Waals surface area contributed by atoms with E-state index in [1.54, 1.807) is 12.1 Å². The molecule has 1 aliphatic heterocycles. The smallest absolute Gasteiger partial charge is 0.297 e. The Bertz CT molecular complexity index is 737. The molecule has 2 aromatic carbocycles. The first-order valence-corrected chi connectivity index (χ1v) is 9.20. The van der Waals surface area contributed by atoms with E-state index in [0.29, 0.717) is 5.56 Å². The van der Waals surface area contributed by atoms with Crippen molar-refractivity contribution in [2.24, 2.45) is 0 Å². The van der Waals surface area contributed by atoms with E-state index in [-0.39, 0.29) is 5.56 Å². The van der Waals surface area contributed by atoms with Gasteiger partial charge in [-0.05, 0) is 17.7 Å². The zero-order valence-electron chi connectivity index (χ0n) is 13.6. The van der Waals surface area contributed by atoms with Crippen LogP contribution in [0.5, 0.6) is 0 Å². The number of carbonyl (C=O) groups is 1. The largest absolute Gasteiger partial charge is 0.416 e. The quantitative estimate of drug-likeness (QED) is 0.745. The molecule has 2 nitrogen and oxygen atoms in total. The summed E-state index contributed by atoms with van der Waals surface area (Å²) in [6.45, 7) is 2.93. The maximum Gasteiger partial charge on any atom is 0.416 e. The second-order valence-electron chi connectivity index (χ2n) is 5.99. The van der Waals surface area contributed by atoms with Gasteiger partial charge in [-0.25, -0.2) is 0 Å². The van der Waals surface area contributed by atoms with Crippen molar-refractivity contribution in [3.05, 3.63) is 70.8 Å². The lowest BCUT2D eigenvalue weighted by Gasteiger charge is -2.26. The van der Waals surface area contributed by atoms with Gasteiger partial charge in [-0.3, -0.25) is 9.69 Å². The first kappa shape index (κ1) is 18.0. The van der Waals surface area contributed by atoms with Crippen LogP contribution in [0.1, 0.15) is 27.0 Å². The summed E-state index contributed by atoms with van der Waals surface area (Å²) < 4.78 is 38.4. The minimum absolute atomic E-state index is 0.0515. The summed E-state index contributed by atoms with van der Waals surface area (Å²) in [6.07, 6.45) is -4.45. The molecule has 0 unspecified atom stereocenters. The number of nitrogens with zero attached hydrogens (tertiary/aromatic N) is 1. The molecule has 0 N–H and O–H groups in total. The lowest BCUT2D eigenvalue weighted by Crippen LogP contribution is -2.31. The molecule has 132 valence electrons. The van der Waals surface area contributed by atoms with Crippen LogP contribution in [-0.2, 0) is 12.7 Å². The van der Waals surface area contributed by atoms with E-state index in [0.717, 1.165) is 48.8 Å². The molecule has 25 heavy (non-hydrogen) atoms. The fraction of sp³-hybridized carbons (Fsp3) is 0.316. The van der Waals surface area contributed by atoms with Gasteiger partial charge in [0.1, 0.15) is 0 Å². The molecule has 0 saturated carbocycles. The summed E-state index contributed by atoms with van der Waals surface area (Å²) in [4.78, 5) is 14.8. The third kappa shape index (κ3) is 4.64. The standard InChI is InChI=1S/C19H18F3NOS/c20-19(21,22)17-3-1-2-16(12-17)18(24)15-6-4-14(5-7-15)13-23-8-10-25-11-9-23/h1-7,12H,8-11,13H2. The molecule has 0 radical (unpaired) electrons. The Hall–Kier alpha value is -1.79. The molecule has 0 atom stereocenters. The molecule has 1 aliphatic rings.